The minimum absolute atomic E-state index is 0.0386. The summed E-state index contributed by atoms with van der Waals surface area (Å²) in [5.74, 6) is 1.56. The fraction of sp³-hybridized carbons (Fsp3) is 0.533. The average Bonchev–Trinajstić information content (AvgIpc) is 2.86. The molecule has 108 valence electrons. The molecule has 2 N–H and O–H groups in total. The average molecular weight is 294 g/mol. The van der Waals surface area contributed by atoms with Crippen LogP contribution in [0.3, 0.4) is 0 Å². The smallest absolute Gasteiger partial charge is 0.238 e. The van der Waals surface area contributed by atoms with Crippen molar-refractivity contribution < 1.29 is 4.79 Å². The minimum Gasteiger partial charge on any atom is -0.325 e. The second-order valence-electron chi connectivity index (χ2n) is 5.76. The number of hydrogen-bond donors (Lipinski definition) is 2. The molecule has 0 aromatic heterocycles. The second-order valence-corrected chi connectivity index (χ2v) is 6.20. The largest absolute Gasteiger partial charge is 0.325 e. The molecule has 3 rings (SSSR count). The molecule has 4 nitrogen and oxygen atoms in total. The standard InChI is InChI=1S/C15H20ClN3O/c16-13-2-1-3-14(6-13)18-15(20)10-19-5-4-11-7-17-8-12(11)9-19/h1-3,6,11-12,17H,4-5,7-10H2,(H,18,20). The summed E-state index contributed by atoms with van der Waals surface area (Å²) < 4.78 is 0. The number of amides is 1. The summed E-state index contributed by atoms with van der Waals surface area (Å²) >= 11 is 5.91. The topological polar surface area (TPSA) is 44.4 Å². The molecule has 2 fully saturated rings. The van der Waals surface area contributed by atoms with Gasteiger partial charge in [-0.1, -0.05) is 17.7 Å². The number of fused-ring (bicyclic) bond motifs is 1. The quantitative estimate of drug-likeness (QED) is 0.893. The minimum atomic E-state index is 0.0386. The number of carbonyl (C=O) groups excluding carboxylic acids is 1. The summed E-state index contributed by atoms with van der Waals surface area (Å²) in [4.78, 5) is 14.3. The third-order valence-corrected chi connectivity index (χ3v) is 4.50. The van der Waals surface area contributed by atoms with E-state index in [0.29, 0.717) is 17.5 Å². The van der Waals surface area contributed by atoms with Crippen LogP contribution < -0.4 is 10.6 Å². The number of anilines is 1. The Morgan fingerprint density at radius 2 is 2.25 bits per heavy atom. The number of halogens is 1. The third kappa shape index (κ3) is 3.32. The van der Waals surface area contributed by atoms with E-state index in [1.807, 2.05) is 12.1 Å². The van der Waals surface area contributed by atoms with Crippen molar-refractivity contribution in [2.45, 2.75) is 6.42 Å². The lowest BCUT2D eigenvalue weighted by molar-refractivity contribution is -0.117. The van der Waals surface area contributed by atoms with Crippen LogP contribution in [-0.4, -0.2) is 43.5 Å². The molecule has 0 bridgehead atoms. The molecule has 0 saturated carbocycles. The molecule has 1 aromatic carbocycles. The predicted octanol–water partition coefficient (Wildman–Crippen LogP) is 1.82. The van der Waals surface area contributed by atoms with E-state index >= 15 is 0 Å². The van der Waals surface area contributed by atoms with E-state index in [-0.39, 0.29) is 5.91 Å². The van der Waals surface area contributed by atoms with Crippen molar-refractivity contribution in [3.05, 3.63) is 29.3 Å². The highest BCUT2D eigenvalue weighted by atomic mass is 35.5. The van der Waals surface area contributed by atoms with Crippen molar-refractivity contribution in [1.82, 2.24) is 10.2 Å². The zero-order valence-corrected chi connectivity index (χ0v) is 12.2. The van der Waals surface area contributed by atoms with E-state index in [1.165, 1.54) is 6.42 Å². The van der Waals surface area contributed by atoms with Gasteiger partial charge < -0.3 is 10.6 Å². The number of likely N-dealkylation sites (tertiary alicyclic amines) is 1. The van der Waals surface area contributed by atoms with Crippen molar-refractivity contribution in [1.29, 1.82) is 0 Å². The van der Waals surface area contributed by atoms with Crippen LogP contribution >= 0.6 is 11.6 Å². The maximum Gasteiger partial charge on any atom is 0.238 e. The van der Waals surface area contributed by atoms with Gasteiger partial charge in [0.1, 0.15) is 0 Å². The van der Waals surface area contributed by atoms with E-state index in [9.17, 15) is 4.79 Å². The SMILES string of the molecule is O=C(CN1CCC2CNCC2C1)Nc1cccc(Cl)c1. The highest BCUT2D eigenvalue weighted by Crippen LogP contribution is 2.26. The second kappa shape index (κ2) is 6.12. The summed E-state index contributed by atoms with van der Waals surface area (Å²) in [6, 6.07) is 7.27. The van der Waals surface area contributed by atoms with Crippen molar-refractivity contribution in [3.8, 4) is 0 Å². The van der Waals surface area contributed by atoms with Crippen LogP contribution in [-0.2, 0) is 4.79 Å². The first kappa shape index (κ1) is 13.9. The molecule has 5 heteroatoms. The molecule has 2 aliphatic heterocycles. The number of nitrogens with one attached hydrogen (secondary N) is 2. The van der Waals surface area contributed by atoms with Crippen LogP contribution in [0.25, 0.3) is 0 Å². The molecule has 2 unspecified atom stereocenters. The van der Waals surface area contributed by atoms with Gasteiger partial charge in [0.05, 0.1) is 6.54 Å². The van der Waals surface area contributed by atoms with E-state index in [0.717, 1.165) is 37.8 Å². The third-order valence-electron chi connectivity index (χ3n) is 4.26. The zero-order chi connectivity index (χ0) is 13.9. The molecule has 0 spiro atoms. The number of nitrogens with zero attached hydrogens (tertiary/aromatic N) is 1. The molecule has 1 aromatic rings. The normalized spacial score (nSPS) is 26.2. The van der Waals surface area contributed by atoms with E-state index in [1.54, 1.807) is 12.1 Å². The number of rotatable bonds is 3. The van der Waals surface area contributed by atoms with Gasteiger partial charge >= 0.3 is 0 Å². The molecule has 1 amide bonds. The predicted molar refractivity (Wildman–Crippen MR) is 81.0 cm³/mol. The van der Waals surface area contributed by atoms with Crippen LogP contribution in [0.4, 0.5) is 5.69 Å². The van der Waals surface area contributed by atoms with Gasteiger partial charge in [0.2, 0.25) is 5.91 Å². The molecule has 2 saturated heterocycles. The van der Waals surface area contributed by atoms with Crippen LogP contribution in [0.1, 0.15) is 6.42 Å². The Balaban J connectivity index is 1.51. The van der Waals surface area contributed by atoms with Gasteiger partial charge in [-0.3, -0.25) is 9.69 Å². The van der Waals surface area contributed by atoms with E-state index in [4.69, 9.17) is 11.6 Å². The number of benzene rings is 1. The Bertz CT molecular complexity index is 494. The Morgan fingerprint density at radius 3 is 3.10 bits per heavy atom. The molecule has 2 atom stereocenters. The highest BCUT2D eigenvalue weighted by Gasteiger charge is 2.33. The van der Waals surface area contributed by atoms with Crippen molar-refractivity contribution in [2.75, 3.05) is 38.0 Å². The lowest BCUT2D eigenvalue weighted by Gasteiger charge is -2.33. The maximum atomic E-state index is 12.1. The first-order chi connectivity index (χ1) is 9.70. The Kier molecular flexibility index (Phi) is 4.24. The Labute approximate surface area is 124 Å². The van der Waals surface area contributed by atoms with Gasteiger partial charge in [-0.25, -0.2) is 0 Å². The fourth-order valence-corrected chi connectivity index (χ4v) is 3.41. The van der Waals surface area contributed by atoms with Gasteiger partial charge in [-0.15, -0.1) is 0 Å². The Morgan fingerprint density at radius 1 is 1.40 bits per heavy atom. The van der Waals surface area contributed by atoms with Crippen LogP contribution in [0.5, 0.6) is 0 Å². The Hall–Kier alpha value is -1.10. The van der Waals surface area contributed by atoms with Gasteiger partial charge in [-0.05, 0) is 56.1 Å². The van der Waals surface area contributed by atoms with Gasteiger partial charge in [0, 0.05) is 17.3 Å². The van der Waals surface area contributed by atoms with Gasteiger partial charge in [0.25, 0.3) is 0 Å². The molecule has 20 heavy (non-hydrogen) atoms. The van der Waals surface area contributed by atoms with Gasteiger partial charge in [-0.2, -0.15) is 0 Å². The summed E-state index contributed by atoms with van der Waals surface area (Å²) in [7, 11) is 0. The molecular formula is C15H20ClN3O. The highest BCUT2D eigenvalue weighted by molar-refractivity contribution is 6.30. The van der Waals surface area contributed by atoms with Crippen molar-refractivity contribution in [3.63, 3.8) is 0 Å². The first-order valence-corrected chi connectivity index (χ1v) is 7.57. The molecule has 0 radical (unpaired) electrons. The maximum absolute atomic E-state index is 12.1. The van der Waals surface area contributed by atoms with Gasteiger partial charge in [0.15, 0.2) is 0 Å². The summed E-state index contributed by atoms with van der Waals surface area (Å²) in [6.45, 7) is 4.76. The van der Waals surface area contributed by atoms with Crippen LogP contribution in [0, 0.1) is 11.8 Å². The first-order valence-electron chi connectivity index (χ1n) is 7.19. The van der Waals surface area contributed by atoms with E-state index in [2.05, 4.69) is 15.5 Å². The summed E-state index contributed by atoms with van der Waals surface area (Å²) in [6.07, 6.45) is 1.20. The van der Waals surface area contributed by atoms with E-state index < -0.39 is 0 Å². The zero-order valence-electron chi connectivity index (χ0n) is 11.4. The molecule has 0 aliphatic carbocycles. The summed E-state index contributed by atoms with van der Waals surface area (Å²) in [5, 5.41) is 6.99. The molecule has 2 heterocycles. The van der Waals surface area contributed by atoms with Crippen LogP contribution in [0.15, 0.2) is 24.3 Å². The number of piperidine rings is 1. The van der Waals surface area contributed by atoms with Crippen LogP contribution in [0.2, 0.25) is 5.02 Å². The number of hydrogen-bond acceptors (Lipinski definition) is 3. The van der Waals surface area contributed by atoms with Crippen molar-refractivity contribution in [2.24, 2.45) is 11.8 Å². The van der Waals surface area contributed by atoms with Crippen molar-refractivity contribution >= 4 is 23.2 Å². The molecule has 2 aliphatic rings. The summed E-state index contributed by atoms with van der Waals surface area (Å²) in [5.41, 5.74) is 0.764. The monoisotopic (exact) mass is 293 g/mol. The lowest BCUT2D eigenvalue weighted by atomic mass is 9.89. The fourth-order valence-electron chi connectivity index (χ4n) is 3.22. The lowest BCUT2D eigenvalue weighted by Crippen LogP contribution is -2.43. The molecular weight excluding hydrogens is 274 g/mol. The number of carbonyl (C=O) groups is 1.